The molecule has 1 N–H and O–H groups in total. The van der Waals surface area contributed by atoms with Crippen molar-refractivity contribution >= 4 is 39.8 Å². The molecule has 0 aromatic carbocycles. The second kappa shape index (κ2) is 3.95. The van der Waals surface area contributed by atoms with Gasteiger partial charge in [0, 0.05) is 0 Å². The lowest BCUT2D eigenvalue weighted by molar-refractivity contribution is -0.138. The van der Waals surface area contributed by atoms with Gasteiger partial charge in [0.15, 0.2) is 0 Å². The third-order valence-electron chi connectivity index (χ3n) is 1.25. The Balaban J connectivity index is 2.53. The van der Waals surface area contributed by atoms with Gasteiger partial charge in [-0.25, -0.2) is 0 Å². The molecule has 0 aromatic rings. The van der Waals surface area contributed by atoms with Gasteiger partial charge in [0.25, 0.3) is 5.91 Å². The third kappa shape index (κ3) is 2.25. The molecule has 0 radical (unpaired) electrons. The Kier molecular flexibility index (Phi) is 3.16. The molecule has 1 amide bonds. The van der Waals surface area contributed by atoms with Crippen molar-refractivity contribution in [3.63, 3.8) is 0 Å². The van der Waals surface area contributed by atoms with Crippen LogP contribution in [-0.2, 0) is 9.59 Å². The molecule has 0 saturated carbocycles. The topological polar surface area (TPSA) is 66.7 Å². The summed E-state index contributed by atoms with van der Waals surface area (Å²) < 4.78 is 0.659. The van der Waals surface area contributed by atoms with Gasteiger partial charge in [-0.1, -0.05) is 11.8 Å². The predicted octanol–water partition coefficient (Wildman–Crippen LogP) is 0.822. The fraction of sp³-hybridized carbons (Fsp3) is 0.500. The van der Waals surface area contributed by atoms with E-state index in [1.54, 1.807) is 0 Å². The number of thioether (sulfide) groups is 2. The highest BCUT2D eigenvalue weighted by Crippen LogP contribution is 2.29. The summed E-state index contributed by atoms with van der Waals surface area (Å²) in [5.41, 5.74) is 0. The zero-order valence-corrected chi connectivity index (χ0v) is 7.94. The van der Waals surface area contributed by atoms with Gasteiger partial charge in [-0.15, -0.1) is 11.8 Å². The van der Waals surface area contributed by atoms with Gasteiger partial charge in [-0.3, -0.25) is 9.59 Å². The number of carboxylic acid groups (broad SMARTS) is 1. The quantitative estimate of drug-likeness (QED) is 0.723. The van der Waals surface area contributed by atoms with Gasteiger partial charge in [0.1, 0.15) is 9.63 Å². The molecule has 0 unspecified atom stereocenters. The Morgan fingerprint density at radius 3 is 2.92 bits per heavy atom. The first-order valence-electron chi connectivity index (χ1n) is 3.18. The Morgan fingerprint density at radius 2 is 2.50 bits per heavy atom. The maximum Gasteiger partial charge on any atom is 0.305 e. The number of aliphatic imine (C=N–C) groups is 1. The van der Waals surface area contributed by atoms with Gasteiger partial charge < -0.3 is 5.11 Å². The molecule has 0 spiro atoms. The second-order valence-electron chi connectivity index (χ2n) is 2.12. The van der Waals surface area contributed by atoms with Crippen molar-refractivity contribution < 1.29 is 14.7 Å². The van der Waals surface area contributed by atoms with Gasteiger partial charge in [-0.05, 0) is 6.26 Å². The van der Waals surface area contributed by atoms with Crippen LogP contribution in [0, 0.1) is 0 Å². The van der Waals surface area contributed by atoms with E-state index in [0.717, 1.165) is 0 Å². The highest BCUT2D eigenvalue weighted by Gasteiger charge is 2.29. The number of aliphatic carboxylic acids is 1. The number of carbonyl (C=O) groups is 2. The first-order chi connectivity index (χ1) is 5.63. The van der Waals surface area contributed by atoms with Crippen molar-refractivity contribution in [2.75, 3.05) is 6.26 Å². The Hall–Kier alpha value is -0.490. The molecule has 0 fully saturated rings. The maximum absolute atomic E-state index is 11.0. The normalized spacial score (nSPS) is 22.6. The van der Waals surface area contributed by atoms with E-state index in [2.05, 4.69) is 4.99 Å². The fourth-order valence-corrected chi connectivity index (χ4v) is 2.42. The van der Waals surface area contributed by atoms with Crippen molar-refractivity contribution in [2.24, 2.45) is 4.99 Å². The third-order valence-corrected chi connectivity index (χ3v) is 3.43. The smallest absolute Gasteiger partial charge is 0.305 e. The molecule has 12 heavy (non-hydrogen) atoms. The van der Waals surface area contributed by atoms with Crippen LogP contribution in [0.3, 0.4) is 0 Å². The van der Waals surface area contributed by atoms with Gasteiger partial charge >= 0.3 is 5.97 Å². The number of carbonyl (C=O) groups excluding carboxylic acids is 1. The minimum absolute atomic E-state index is 0.142. The van der Waals surface area contributed by atoms with Crippen LogP contribution in [0.4, 0.5) is 0 Å². The van der Waals surface area contributed by atoms with Crippen LogP contribution in [-0.4, -0.2) is 32.9 Å². The summed E-state index contributed by atoms with van der Waals surface area (Å²) >= 11 is 2.60. The molecular formula is C6H7NO3S2. The summed E-state index contributed by atoms with van der Waals surface area (Å²) in [4.78, 5) is 24.9. The predicted molar refractivity (Wildman–Crippen MR) is 49.6 cm³/mol. The van der Waals surface area contributed by atoms with Crippen LogP contribution < -0.4 is 0 Å². The largest absolute Gasteiger partial charge is 0.481 e. The first-order valence-corrected chi connectivity index (χ1v) is 5.29. The minimum atomic E-state index is -0.960. The number of hydrogen-bond acceptors (Lipinski definition) is 4. The Labute approximate surface area is 77.8 Å². The Bertz CT molecular complexity index is 251. The van der Waals surface area contributed by atoms with E-state index < -0.39 is 11.2 Å². The SMILES string of the molecule is CSC1=NC(=O)[C@H](CC(=O)O)S1. The monoisotopic (exact) mass is 205 g/mol. The van der Waals surface area contributed by atoms with Crippen molar-refractivity contribution in [3.8, 4) is 0 Å². The summed E-state index contributed by atoms with van der Waals surface area (Å²) in [7, 11) is 0. The van der Waals surface area contributed by atoms with E-state index in [-0.39, 0.29) is 12.3 Å². The zero-order valence-electron chi connectivity index (χ0n) is 6.31. The average molecular weight is 205 g/mol. The van der Waals surface area contributed by atoms with Gasteiger partial charge in [-0.2, -0.15) is 4.99 Å². The molecule has 0 aliphatic carbocycles. The highest BCUT2D eigenvalue weighted by molar-refractivity contribution is 8.39. The molecule has 4 nitrogen and oxygen atoms in total. The van der Waals surface area contributed by atoms with Crippen LogP contribution in [0.5, 0.6) is 0 Å². The molecule has 0 aromatic heterocycles. The summed E-state index contributed by atoms with van der Waals surface area (Å²) in [5, 5.41) is 7.92. The number of carboxylic acids is 1. The summed E-state index contributed by atoms with van der Waals surface area (Å²) in [6, 6.07) is 0. The molecule has 1 aliphatic heterocycles. The fourth-order valence-electron chi connectivity index (χ4n) is 0.742. The lowest BCUT2D eigenvalue weighted by Gasteiger charge is -2.00. The Morgan fingerprint density at radius 1 is 1.83 bits per heavy atom. The van der Waals surface area contributed by atoms with Crippen molar-refractivity contribution in [1.82, 2.24) is 0 Å². The molecule has 66 valence electrons. The number of amides is 1. The summed E-state index contributed by atoms with van der Waals surface area (Å²) in [6.45, 7) is 0. The second-order valence-corrected chi connectivity index (χ2v) is 4.37. The van der Waals surface area contributed by atoms with Crippen LogP contribution in [0.15, 0.2) is 4.99 Å². The number of hydrogen-bond donors (Lipinski definition) is 1. The van der Waals surface area contributed by atoms with Crippen molar-refractivity contribution in [2.45, 2.75) is 11.7 Å². The standard InChI is InChI=1S/C6H7NO3S2/c1-11-6-7-5(10)3(12-6)2-4(8)9/h3H,2H2,1H3,(H,8,9)/t3-/m0/s1. The summed E-state index contributed by atoms with van der Waals surface area (Å²) in [5.74, 6) is -1.29. The molecule has 1 atom stereocenters. The van der Waals surface area contributed by atoms with E-state index in [9.17, 15) is 9.59 Å². The molecule has 0 saturated heterocycles. The van der Waals surface area contributed by atoms with E-state index in [1.807, 2.05) is 6.26 Å². The number of rotatable bonds is 2. The highest BCUT2D eigenvalue weighted by atomic mass is 32.2. The average Bonchev–Trinajstić information content (AvgIpc) is 2.31. The zero-order chi connectivity index (χ0) is 9.14. The van der Waals surface area contributed by atoms with E-state index in [0.29, 0.717) is 4.38 Å². The number of nitrogens with zero attached hydrogens (tertiary/aromatic N) is 1. The van der Waals surface area contributed by atoms with Gasteiger partial charge in [0.2, 0.25) is 0 Å². The van der Waals surface area contributed by atoms with Crippen molar-refractivity contribution in [3.05, 3.63) is 0 Å². The van der Waals surface area contributed by atoms with E-state index >= 15 is 0 Å². The minimum Gasteiger partial charge on any atom is -0.481 e. The molecule has 6 heteroatoms. The van der Waals surface area contributed by atoms with Crippen LogP contribution in [0.1, 0.15) is 6.42 Å². The van der Waals surface area contributed by atoms with Gasteiger partial charge in [0.05, 0.1) is 6.42 Å². The van der Waals surface area contributed by atoms with Crippen LogP contribution >= 0.6 is 23.5 Å². The first kappa shape index (κ1) is 9.60. The molecule has 1 heterocycles. The van der Waals surface area contributed by atoms with Crippen LogP contribution in [0.2, 0.25) is 0 Å². The lowest BCUT2D eigenvalue weighted by Crippen LogP contribution is -2.15. The van der Waals surface area contributed by atoms with E-state index in [4.69, 9.17) is 5.11 Å². The van der Waals surface area contributed by atoms with Crippen molar-refractivity contribution in [1.29, 1.82) is 0 Å². The summed E-state index contributed by atoms with van der Waals surface area (Å²) in [6.07, 6.45) is 1.67. The molecule has 1 aliphatic rings. The lowest BCUT2D eigenvalue weighted by atomic mass is 10.3. The molecule has 0 bridgehead atoms. The molecule has 1 rings (SSSR count). The van der Waals surface area contributed by atoms with E-state index in [1.165, 1.54) is 23.5 Å². The maximum atomic E-state index is 11.0. The van der Waals surface area contributed by atoms with Crippen LogP contribution in [0.25, 0.3) is 0 Å². The molecular weight excluding hydrogens is 198 g/mol.